The van der Waals surface area contributed by atoms with E-state index < -0.39 is 11.0 Å². The minimum atomic E-state index is -1.02. The molecule has 0 spiro atoms. The van der Waals surface area contributed by atoms with Crippen molar-refractivity contribution in [1.82, 2.24) is 0 Å². The number of hydrogen-bond acceptors (Lipinski definition) is 3. The second kappa shape index (κ2) is 2.94. The molecule has 0 aromatic carbocycles. The first-order valence-electron chi connectivity index (χ1n) is 2.99. The van der Waals surface area contributed by atoms with E-state index >= 15 is 0 Å². The minimum absolute atomic E-state index is 0.0671. The molecule has 0 saturated heterocycles. The minimum Gasteiger partial charge on any atom is -0.264 e. The third-order valence-electron chi connectivity index (χ3n) is 1.34. The van der Waals surface area contributed by atoms with Crippen LogP contribution >= 0.6 is 0 Å². The molecule has 1 unspecified atom stereocenters. The highest BCUT2D eigenvalue weighted by Gasteiger charge is 2.22. The Hall–Kier alpha value is -1.67. The van der Waals surface area contributed by atoms with Gasteiger partial charge in [0.15, 0.2) is 0 Å². The lowest BCUT2D eigenvalue weighted by atomic mass is 10.1. The van der Waals surface area contributed by atoms with Crippen LogP contribution in [-0.2, 0) is 4.79 Å². The van der Waals surface area contributed by atoms with Crippen molar-refractivity contribution >= 4 is 5.94 Å². The maximum atomic E-state index is 10.2. The van der Waals surface area contributed by atoms with Crippen LogP contribution in [0.3, 0.4) is 0 Å². The zero-order chi connectivity index (χ0) is 8.27. The Morgan fingerprint density at radius 2 is 2.27 bits per heavy atom. The van der Waals surface area contributed by atoms with E-state index in [-0.39, 0.29) is 5.57 Å². The van der Waals surface area contributed by atoms with Crippen LogP contribution < -0.4 is 0 Å². The van der Waals surface area contributed by atoms with Crippen LogP contribution in [0, 0.1) is 10.1 Å². The Morgan fingerprint density at radius 1 is 1.55 bits per heavy atom. The zero-order valence-electron chi connectivity index (χ0n) is 5.56. The van der Waals surface area contributed by atoms with Gasteiger partial charge in [-0.15, -0.1) is 0 Å². The quantitative estimate of drug-likeness (QED) is 0.311. The summed E-state index contributed by atoms with van der Waals surface area (Å²) in [5.74, 6) is 1.52. The van der Waals surface area contributed by atoms with Gasteiger partial charge in [-0.25, -0.2) is 4.79 Å². The molecule has 1 aliphatic carbocycles. The number of nitro groups is 1. The van der Waals surface area contributed by atoms with Crippen LogP contribution in [-0.4, -0.2) is 16.9 Å². The molecular weight excluding hydrogens is 146 g/mol. The first-order valence-corrected chi connectivity index (χ1v) is 2.99. The van der Waals surface area contributed by atoms with Gasteiger partial charge in [0.25, 0.3) is 6.04 Å². The summed E-state index contributed by atoms with van der Waals surface area (Å²) in [7, 11) is 0. The van der Waals surface area contributed by atoms with Gasteiger partial charge >= 0.3 is 0 Å². The van der Waals surface area contributed by atoms with E-state index in [1.807, 2.05) is 0 Å². The van der Waals surface area contributed by atoms with Gasteiger partial charge in [-0.3, -0.25) is 10.1 Å². The Morgan fingerprint density at radius 3 is 2.73 bits per heavy atom. The topological polar surface area (TPSA) is 60.2 Å². The molecule has 0 aromatic rings. The summed E-state index contributed by atoms with van der Waals surface area (Å²) in [6.45, 7) is 0. The molecule has 1 aliphatic rings. The molecule has 0 N–H and O–H groups in total. The predicted octanol–water partition coefficient (Wildman–Crippen LogP) is 0.516. The lowest BCUT2D eigenvalue weighted by molar-refractivity contribution is -0.498. The molecule has 11 heavy (non-hydrogen) atoms. The normalized spacial score (nSPS) is 21.5. The molecule has 0 fully saturated rings. The van der Waals surface area contributed by atoms with E-state index in [4.69, 9.17) is 0 Å². The second-order valence-electron chi connectivity index (χ2n) is 2.03. The summed E-state index contributed by atoms with van der Waals surface area (Å²) < 4.78 is 0. The molecule has 4 nitrogen and oxygen atoms in total. The van der Waals surface area contributed by atoms with Crippen molar-refractivity contribution < 1.29 is 9.72 Å². The highest BCUT2D eigenvalue weighted by atomic mass is 16.6. The molecule has 0 saturated carbocycles. The first-order chi connectivity index (χ1) is 5.25. The van der Waals surface area contributed by atoms with Crippen LogP contribution in [0.1, 0.15) is 0 Å². The fourth-order valence-electron chi connectivity index (χ4n) is 0.809. The van der Waals surface area contributed by atoms with E-state index in [1.165, 1.54) is 24.2 Å². The summed E-state index contributed by atoms with van der Waals surface area (Å²) in [5.41, 5.74) is 0.0671. The molecule has 1 rings (SSSR count). The predicted molar refractivity (Wildman–Crippen MR) is 38.3 cm³/mol. The Bertz CT molecular complexity index is 284. The van der Waals surface area contributed by atoms with Gasteiger partial charge in [0.05, 0.1) is 0 Å². The molecule has 56 valence electrons. The lowest BCUT2D eigenvalue weighted by Gasteiger charge is -2.03. The largest absolute Gasteiger partial charge is 0.266 e. The van der Waals surface area contributed by atoms with Gasteiger partial charge in [0, 0.05) is 4.92 Å². The summed E-state index contributed by atoms with van der Waals surface area (Å²) in [5, 5.41) is 10.2. The van der Waals surface area contributed by atoms with Crippen LogP contribution in [0.5, 0.6) is 0 Å². The molecule has 0 aromatic heterocycles. The molecule has 4 heteroatoms. The van der Waals surface area contributed by atoms with Crippen molar-refractivity contribution in [3.63, 3.8) is 0 Å². The van der Waals surface area contributed by atoms with Gasteiger partial charge in [0.1, 0.15) is 11.5 Å². The first kappa shape index (κ1) is 7.44. The third kappa shape index (κ3) is 1.42. The maximum Gasteiger partial charge on any atom is 0.266 e. The third-order valence-corrected chi connectivity index (χ3v) is 1.34. The van der Waals surface area contributed by atoms with Gasteiger partial charge in [-0.2, -0.15) is 0 Å². The zero-order valence-corrected chi connectivity index (χ0v) is 5.56. The van der Waals surface area contributed by atoms with E-state index in [0.717, 1.165) is 0 Å². The number of nitrogens with zero attached hydrogens (tertiary/aromatic N) is 1. The molecule has 0 bridgehead atoms. The number of carbonyl (C=O) groups excluding carboxylic acids is 1. The average Bonchev–Trinajstić information content (AvgIpc) is 2.04. The monoisotopic (exact) mass is 151 g/mol. The van der Waals surface area contributed by atoms with Crippen LogP contribution in [0.4, 0.5) is 0 Å². The van der Waals surface area contributed by atoms with Crippen LogP contribution in [0.25, 0.3) is 0 Å². The molecule has 1 atom stereocenters. The van der Waals surface area contributed by atoms with Gasteiger partial charge in [-0.05, 0) is 12.2 Å². The Kier molecular flexibility index (Phi) is 1.99. The fraction of sp³-hybridized carbons (Fsp3) is 0.143. The number of allylic oxidation sites excluding steroid dienone is 2. The van der Waals surface area contributed by atoms with Gasteiger partial charge < -0.3 is 0 Å². The number of hydrogen-bond donors (Lipinski definition) is 0. The average molecular weight is 151 g/mol. The van der Waals surface area contributed by atoms with Gasteiger partial charge in [-0.1, -0.05) is 12.2 Å². The second-order valence-corrected chi connectivity index (χ2v) is 2.03. The lowest BCUT2D eigenvalue weighted by Crippen LogP contribution is -2.20. The molecule has 0 amide bonds. The van der Waals surface area contributed by atoms with E-state index in [9.17, 15) is 14.9 Å². The molecule has 0 aliphatic heterocycles. The van der Waals surface area contributed by atoms with Crippen molar-refractivity contribution in [2.45, 2.75) is 6.04 Å². The van der Waals surface area contributed by atoms with Crippen molar-refractivity contribution in [3.05, 3.63) is 40.0 Å². The van der Waals surface area contributed by atoms with Crippen molar-refractivity contribution in [1.29, 1.82) is 0 Å². The highest BCUT2D eigenvalue weighted by Crippen LogP contribution is 2.10. The summed E-state index contributed by atoms with van der Waals surface area (Å²) in [4.78, 5) is 19.8. The molecule has 0 heterocycles. The summed E-state index contributed by atoms with van der Waals surface area (Å²) in [6, 6.07) is -1.02. The number of rotatable bonds is 1. The summed E-state index contributed by atoms with van der Waals surface area (Å²) in [6.07, 6.45) is 5.84. The standard InChI is InChI=1S/C7H5NO3/c9-5-6-3-1-2-4-7(6)8(10)11/h1-4,7H. The van der Waals surface area contributed by atoms with E-state index in [2.05, 4.69) is 0 Å². The summed E-state index contributed by atoms with van der Waals surface area (Å²) >= 11 is 0. The molecule has 0 radical (unpaired) electrons. The Balaban J connectivity index is 2.97. The smallest absolute Gasteiger partial charge is 0.264 e. The Labute approximate surface area is 62.7 Å². The van der Waals surface area contributed by atoms with E-state index in [0.29, 0.717) is 0 Å². The van der Waals surface area contributed by atoms with Crippen molar-refractivity contribution in [2.24, 2.45) is 0 Å². The fourth-order valence-corrected chi connectivity index (χ4v) is 0.809. The molecular formula is C7H5NO3. The van der Waals surface area contributed by atoms with Crippen molar-refractivity contribution in [2.75, 3.05) is 0 Å². The van der Waals surface area contributed by atoms with Gasteiger partial charge in [0.2, 0.25) is 0 Å². The SMILES string of the molecule is O=C=C1C=CC=CC1[N+](=O)[O-]. The highest BCUT2D eigenvalue weighted by molar-refractivity contribution is 5.61. The van der Waals surface area contributed by atoms with Crippen LogP contribution in [0.15, 0.2) is 29.9 Å². The van der Waals surface area contributed by atoms with Crippen LogP contribution in [0.2, 0.25) is 0 Å². The van der Waals surface area contributed by atoms with E-state index in [1.54, 1.807) is 6.08 Å². The van der Waals surface area contributed by atoms with Crippen molar-refractivity contribution in [3.8, 4) is 0 Å². The maximum absolute atomic E-state index is 10.2.